The van der Waals surface area contributed by atoms with Crippen LogP contribution in [-0.4, -0.2) is 38.9 Å². The molecule has 2 rings (SSSR count). The van der Waals surface area contributed by atoms with Crippen LogP contribution in [0, 0.1) is 10.1 Å². The number of rotatable bonds is 7. The lowest BCUT2D eigenvalue weighted by atomic mass is 10.2. The van der Waals surface area contributed by atoms with Crippen LogP contribution in [0.25, 0.3) is 0 Å². The zero-order chi connectivity index (χ0) is 20.9. The molecule has 28 heavy (non-hydrogen) atoms. The summed E-state index contributed by atoms with van der Waals surface area (Å²) < 4.78 is 30.6. The van der Waals surface area contributed by atoms with Gasteiger partial charge in [-0.05, 0) is 53.3 Å². The summed E-state index contributed by atoms with van der Waals surface area (Å²) in [6.45, 7) is -0.598. The van der Waals surface area contributed by atoms with Crippen LogP contribution < -0.4 is 10.0 Å². The van der Waals surface area contributed by atoms with E-state index in [2.05, 4.69) is 26.0 Å². The minimum Gasteiger partial charge on any atom is -0.452 e. The molecule has 0 saturated heterocycles. The lowest BCUT2D eigenvalue weighted by Crippen LogP contribution is -2.21. The number of esters is 1. The molecule has 0 aliphatic rings. The first-order valence-corrected chi connectivity index (χ1v) is 9.86. The van der Waals surface area contributed by atoms with Crippen molar-refractivity contribution in [1.82, 2.24) is 4.72 Å². The molecular weight excluding hydrogens is 458 g/mol. The number of sulfonamides is 1. The number of non-ortho nitro benzene ring substituents is 1. The lowest BCUT2D eigenvalue weighted by molar-refractivity contribution is -0.384. The molecule has 12 heteroatoms. The van der Waals surface area contributed by atoms with Crippen molar-refractivity contribution in [1.29, 1.82) is 0 Å². The van der Waals surface area contributed by atoms with Crippen molar-refractivity contribution in [2.75, 3.05) is 19.0 Å². The van der Waals surface area contributed by atoms with E-state index in [1.807, 2.05) is 0 Å². The lowest BCUT2D eigenvalue weighted by Gasteiger charge is -2.08. The third-order valence-corrected chi connectivity index (χ3v) is 5.53. The zero-order valence-corrected chi connectivity index (χ0v) is 16.7. The molecule has 0 aliphatic carbocycles. The fourth-order valence-electron chi connectivity index (χ4n) is 2.01. The van der Waals surface area contributed by atoms with E-state index in [0.717, 1.165) is 0 Å². The summed E-state index contributed by atoms with van der Waals surface area (Å²) in [5.41, 5.74) is 0.188. The van der Waals surface area contributed by atoms with Crippen molar-refractivity contribution in [3.63, 3.8) is 0 Å². The number of ether oxygens (including phenoxy) is 1. The highest BCUT2D eigenvalue weighted by atomic mass is 79.9. The summed E-state index contributed by atoms with van der Waals surface area (Å²) in [5, 5.41) is 13.1. The molecule has 0 unspecified atom stereocenters. The zero-order valence-electron chi connectivity index (χ0n) is 14.3. The van der Waals surface area contributed by atoms with E-state index in [-0.39, 0.29) is 21.8 Å². The molecule has 0 bridgehead atoms. The minimum atomic E-state index is -3.63. The first kappa shape index (κ1) is 21.5. The number of nitrogens with one attached hydrogen (secondary N) is 2. The Morgan fingerprint density at radius 1 is 1.18 bits per heavy atom. The van der Waals surface area contributed by atoms with Gasteiger partial charge in [-0.2, -0.15) is 0 Å². The van der Waals surface area contributed by atoms with Gasteiger partial charge in [-0.3, -0.25) is 14.9 Å². The summed E-state index contributed by atoms with van der Waals surface area (Å²) in [6.07, 6.45) is 0. The van der Waals surface area contributed by atoms with Gasteiger partial charge in [0, 0.05) is 16.6 Å². The number of nitro benzene ring substituents is 1. The number of carbonyl (C=O) groups is 2. The predicted octanol–water partition coefficient (Wildman–Crippen LogP) is 2.06. The van der Waals surface area contributed by atoms with Gasteiger partial charge in [0.25, 0.3) is 11.6 Å². The number of hydrogen-bond acceptors (Lipinski definition) is 7. The van der Waals surface area contributed by atoms with Crippen LogP contribution in [0.15, 0.2) is 51.8 Å². The Balaban J connectivity index is 1.95. The van der Waals surface area contributed by atoms with Gasteiger partial charge in [0.05, 0.1) is 21.1 Å². The number of nitrogens with zero attached hydrogens (tertiary/aromatic N) is 1. The second kappa shape index (κ2) is 8.91. The Morgan fingerprint density at radius 2 is 1.82 bits per heavy atom. The third kappa shape index (κ3) is 5.34. The van der Waals surface area contributed by atoms with Gasteiger partial charge in [-0.15, -0.1) is 0 Å². The van der Waals surface area contributed by atoms with Crippen LogP contribution in [0.4, 0.5) is 11.4 Å². The van der Waals surface area contributed by atoms with Gasteiger partial charge in [0.15, 0.2) is 6.61 Å². The van der Waals surface area contributed by atoms with E-state index in [0.29, 0.717) is 4.47 Å². The smallest absolute Gasteiger partial charge is 0.338 e. The van der Waals surface area contributed by atoms with Crippen LogP contribution in [0.1, 0.15) is 10.4 Å². The second-order valence-corrected chi connectivity index (χ2v) is 8.02. The summed E-state index contributed by atoms with van der Waals surface area (Å²) >= 11 is 3.11. The van der Waals surface area contributed by atoms with E-state index in [1.165, 1.54) is 49.5 Å². The second-order valence-electron chi connectivity index (χ2n) is 5.28. The summed E-state index contributed by atoms with van der Waals surface area (Å²) in [4.78, 5) is 34.0. The molecule has 0 atom stereocenters. The fraction of sp³-hybridized carbons (Fsp3) is 0.125. The van der Waals surface area contributed by atoms with Crippen LogP contribution >= 0.6 is 15.9 Å². The molecule has 0 saturated carbocycles. The quantitative estimate of drug-likeness (QED) is 0.357. The average molecular weight is 472 g/mol. The van der Waals surface area contributed by atoms with Crippen molar-refractivity contribution in [2.45, 2.75) is 4.90 Å². The highest BCUT2D eigenvalue weighted by Crippen LogP contribution is 2.27. The molecule has 2 N–H and O–H groups in total. The number of hydrogen-bond donors (Lipinski definition) is 2. The monoisotopic (exact) mass is 471 g/mol. The predicted molar refractivity (Wildman–Crippen MR) is 102 cm³/mol. The maximum absolute atomic E-state index is 12.0. The standard InChI is InChI=1S/C16H14BrN3O7S/c1-18-28(25,26)12-5-2-10(3-6-12)16(22)27-9-15(21)19-14-7-4-11(20(23)24)8-13(14)17/h2-8,18H,9H2,1H3,(H,19,21). The van der Waals surface area contributed by atoms with Crippen LogP contribution in [-0.2, 0) is 19.6 Å². The van der Waals surface area contributed by atoms with E-state index in [4.69, 9.17) is 4.74 Å². The molecule has 0 spiro atoms. The number of amides is 1. The number of carbonyl (C=O) groups excluding carboxylic acids is 2. The van der Waals surface area contributed by atoms with Gasteiger partial charge >= 0.3 is 5.97 Å². The van der Waals surface area contributed by atoms with Gasteiger partial charge in [0.2, 0.25) is 10.0 Å². The number of anilines is 1. The van der Waals surface area contributed by atoms with E-state index in [1.54, 1.807) is 0 Å². The van der Waals surface area contributed by atoms with E-state index in [9.17, 15) is 28.1 Å². The van der Waals surface area contributed by atoms with Crippen molar-refractivity contribution in [2.24, 2.45) is 0 Å². The molecule has 2 aromatic rings. The van der Waals surface area contributed by atoms with Crippen molar-refractivity contribution < 1.29 is 27.7 Å². The SMILES string of the molecule is CNS(=O)(=O)c1ccc(C(=O)OCC(=O)Nc2ccc([N+](=O)[O-])cc2Br)cc1. The van der Waals surface area contributed by atoms with Crippen molar-refractivity contribution in [3.05, 3.63) is 62.6 Å². The first-order chi connectivity index (χ1) is 13.1. The van der Waals surface area contributed by atoms with Crippen LogP contribution in [0.3, 0.4) is 0 Å². The molecule has 0 heterocycles. The molecule has 1 amide bonds. The Labute approximate surface area is 168 Å². The van der Waals surface area contributed by atoms with Crippen LogP contribution in [0.2, 0.25) is 0 Å². The highest BCUT2D eigenvalue weighted by molar-refractivity contribution is 9.10. The topological polar surface area (TPSA) is 145 Å². The van der Waals surface area contributed by atoms with Gasteiger partial charge < -0.3 is 10.1 Å². The number of benzene rings is 2. The molecular formula is C16H14BrN3O7S. The number of nitro groups is 1. The Kier molecular flexibility index (Phi) is 6.83. The summed E-state index contributed by atoms with van der Waals surface area (Å²) in [5.74, 6) is -1.47. The van der Waals surface area contributed by atoms with Crippen LogP contribution in [0.5, 0.6) is 0 Å². The third-order valence-electron chi connectivity index (χ3n) is 3.44. The normalized spacial score (nSPS) is 10.9. The largest absolute Gasteiger partial charge is 0.452 e. The Hall–Kier alpha value is -2.83. The summed E-state index contributed by atoms with van der Waals surface area (Å²) in [7, 11) is -2.36. The molecule has 148 valence electrons. The van der Waals surface area contributed by atoms with Gasteiger partial charge in [-0.1, -0.05) is 0 Å². The number of halogens is 1. The van der Waals surface area contributed by atoms with E-state index < -0.39 is 33.4 Å². The highest BCUT2D eigenvalue weighted by Gasteiger charge is 2.15. The first-order valence-electron chi connectivity index (χ1n) is 7.58. The summed E-state index contributed by atoms with van der Waals surface area (Å²) in [6, 6.07) is 8.76. The van der Waals surface area contributed by atoms with Gasteiger partial charge in [-0.25, -0.2) is 17.9 Å². The molecule has 0 fully saturated rings. The molecule has 0 aliphatic heterocycles. The van der Waals surface area contributed by atoms with Crippen molar-refractivity contribution >= 4 is 49.2 Å². The molecule has 0 aromatic heterocycles. The van der Waals surface area contributed by atoms with E-state index >= 15 is 0 Å². The minimum absolute atomic E-state index is 0.0210. The maximum Gasteiger partial charge on any atom is 0.338 e. The van der Waals surface area contributed by atoms with Crippen molar-refractivity contribution in [3.8, 4) is 0 Å². The maximum atomic E-state index is 12.0. The Bertz CT molecular complexity index is 1020. The Morgan fingerprint density at radius 3 is 2.36 bits per heavy atom. The average Bonchev–Trinajstić information content (AvgIpc) is 2.67. The molecule has 0 radical (unpaired) electrons. The fourth-order valence-corrected chi connectivity index (χ4v) is 3.20. The molecule has 2 aromatic carbocycles. The molecule has 10 nitrogen and oxygen atoms in total. The van der Waals surface area contributed by atoms with Gasteiger partial charge in [0.1, 0.15) is 0 Å².